The fourth-order valence-electron chi connectivity index (χ4n) is 7.37. The molecule has 3 fully saturated rings. The number of likely N-dealkylation sites (tertiary alicyclic amines) is 1. The first-order valence-electron chi connectivity index (χ1n) is 12.3. The van der Waals surface area contributed by atoms with E-state index in [2.05, 4.69) is 9.62 Å². The van der Waals surface area contributed by atoms with Gasteiger partial charge in [0.2, 0.25) is 10.0 Å². The number of primary amides is 1. The van der Waals surface area contributed by atoms with Crippen LogP contribution in [-0.4, -0.2) is 67.0 Å². The Morgan fingerprint density at radius 1 is 1.30 bits per heavy atom. The van der Waals surface area contributed by atoms with Gasteiger partial charge in [-0.3, -0.25) is 9.69 Å². The Labute approximate surface area is 194 Å². The summed E-state index contributed by atoms with van der Waals surface area (Å²) in [6, 6.07) is 3.19. The molecule has 2 saturated carbocycles. The molecule has 0 unspecified atom stereocenters. The molecule has 1 aromatic carbocycles. The van der Waals surface area contributed by atoms with E-state index in [1.165, 1.54) is 12.8 Å². The van der Waals surface area contributed by atoms with Crippen molar-refractivity contribution < 1.29 is 23.1 Å². The summed E-state index contributed by atoms with van der Waals surface area (Å²) in [6.07, 6.45) is 4.83. The molecule has 6 rings (SSSR count). The first-order valence-corrected chi connectivity index (χ1v) is 13.9. The maximum Gasteiger partial charge on any atom is 0.252 e. The molecule has 1 spiro atoms. The number of hydrogen-bond donors (Lipinski definition) is 3. The fourth-order valence-corrected chi connectivity index (χ4v) is 8.73. The molecule has 5 atom stereocenters. The number of nitrogens with two attached hydrogens (primary N) is 1. The van der Waals surface area contributed by atoms with Crippen LogP contribution < -0.4 is 15.2 Å². The number of piperidine rings is 1. The predicted molar refractivity (Wildman–Crippen MR) is 123 cm³/mol. The Balaban J connectivity index is 1.49. The number of aliphatic hydroxyl groups is 1. The lowest BCUT2D eigenvalue weighted by atomic mass is 9.48. The number of nitrogens with one attached hydrogen (secondary N) is 1. The third-order valence-corrected chi connectivity index (χ3v) is 10.5. The molecule has 9 heteroatoms. The lowest BCUT2D eigenvalue weighted by molar-refractivity contribution is -0.190. The average Bonchev–Trinajstić information content (AvgIpc) is 3.48. The van der Waals surface area contributed by atoms with E-state index in [-0.39, 0.29) is 11.8 Å². The molecule has 3 aliphatic carbocycles. The van der Waals surface area contributed by atoms with Gasteiger partial charge in [-0.15, -0.1) is 0 Å². The SMILES string of the molecule is CCCS(=O)(=O)N[C@@H]1CC[C@@]2(O)[C@H]3Cc4ccc(C(N)=O)c5c4[C@@]2(CCN3CC2CC2)[C@@H]1O5. The molecule has 2 bridgehead atoms. The second-order valence-corrected chi connectivity index (χ2v) is 12.6. The van der Waals surface area contributed by atoms with Crippen LogP contribution in [0.25, 0.3) is 0 Å². The van der Waals surface area contributed by atoms with Crippen LogP contribution in [0.4, 0.5) is 0 Å². The standard InChI is InChI=1S/C24H33N3O5S/c1-2-11-33(30,31)26-17-7-8-24(29)18-12-15-5-6-16(22(25)28)20-19(15)23(24,21(17)32-20)9-10-27(18)13-14-3-4-14/h5-6,14,17-18,21,26,29H,2-4,7-13H2,1H3,(H2,25,28)/t17-,18-,21-,23+,24-/m1/s1. The van der Waals surface area contributed by atoms with Crippen LogP contribution in [0.5, 0.6) is 5.75 Å². The van der Waals surface area contributed by atoms with Crippen molar-refractivity contribution in [3.05, 3.63) is 28.8 Å². The van der Waals surface area contributed by atoms with E-state index in [9.17, 15) is 18.3 Å². The summed E-state index contributed by atoms with van der Waals surface area (Å²) in [5.41, 5.74) is 6.21. The Morgan fingerprint density at radius 3 is 2.79 bits per heavy atom. The van der Waals surface area contributed by atoms with Gasteiger partial charge < -0.3 is 15.6 Å². The second kappa shape index (κ2) is 7.16. The molecule has 33 heavy (non-hydrogen) atoms. The number of benzene rings is 1. The minimum absolute atomic E-state index is 0.0379. The molecule has 1 saturated heterocycles. The second-order valence-electron chi connectivity index (χ2n) is 10.8. The summed E-state index contributed by atoms with van der Waals surface area (Å²) in [5.74, 6) is 0.655. The van der Waals surface area contributed by atoms with Crippen molar-refractivity contribution in [3.8, 4) is 5.75 Å². The molecule has 5 aliphatic rings. The van der Waals surface area contributed by atoms with E-state index in [1.807, 2.05) is 13.0 Å². The van der Waals surface area contributed by atoms with Gasteiger partial charge in [0.1, 0.15) is 11.9 Å². The number of ether oxygens (including phenoxy) is 1. The molecule has 2 heterocycles. The summed E-state index contributed by atoms with van der Waals surface area (Å²) in [5, 5.41) is 12.4. The Hall–Kier alpha value is -1.68. The Morgan fingerprint density at radius 2 is 2.09 bits per heavy atom. The van der Waals surface area contributed by atoms with Crippen molar-refractivity contribution in [2.45, 2.75) is 81.1 Å². The molecule has 1 aromatic rings. The van der Waals surface area contributed by atoms with Crippen molar-refractivity contribution in [3.63, 3.8) is 0 Å². The van der Waals surface area contributed by atoms with Crippen LogP contribution in [0.2, 0.25) is 0 Å². The molecule has 2 aliphatic heterocycles. The lowest BCUT2D eigenvalue weighted by Gasteiger charge is -2.64. The first-order chi connectivity index (χ1) is 15.7. The summed E-state index contributed by atoms with van der Waals surface area (Å²) >= 11 is 0. The number of nitrogens with zero attached hydrogens (tertiary/aromatic N) is 1. The topological polar surface area (TPSA) is 122 Å². The Bertz CT molecular complexity index is 1120. The quantitative estimate of drug-likeness (QED) is 0.542. The van der Waals surface area contributed by atoms with Gasteiger partial charge in [0, 0.05) is 18.2 Å². The van der Waals surface area contributed by atoms with E-state index in [0.29, 0.717) is 49.3 Å². The summed E-state index contributed by atoms with van der Waals surface area (Å²) in [4.78, 5) is 14.7. The zero-order valence-corrected chi connectivity index (χ0v) is 19.9. The smallest absolute Gasteiger partial charge is 0.252 e. The highest BCUT2D eigenvalue weighted by atomic mass is 32.2. The van der Waals surface area contributed by atoms with Crippen molar-refractivity contribution in [1.29, 1.82) is 0 Å². The number of hydrogen-bond acceptors (Lipinski definition) is 6. The summed E-state index contributed by atoms with van der Waals surface area (Å²) < 4.78 is 34.8. The van der Waals surface area contributed by atoms with Crippen molar-refractivity contribution in [1.82, 2.24) is 9.62 Å². The van der Waals surface area contributed by atoms with Gasteiger partial charge in [-0.2, -0.15) is 0 Å². The molecular weight excluding hydrogens is 442 g/mol. The third kappa shape index (κ3) is 2.98. The largest absolute Gasteiger partial charge is 0.487 e. The summed E-state index contributed by atoms with van der Waals surface area (Å²) in [6.45, 7) is 3.67. The van der Waals surface area contributed by atoms with Gasteiger partial charge in [-0.25, -0.2) is 13.1 Å². The van der Waals surface area contributed by atoms with Crippen molar-refractivity contribution in [2.24, 2.45) is 11.7 Å². The molecule has 4 N–H and O–H groups in total. The van der Waals surface area contributed by atoms with E-state index in [1.54, 1.807) is 6.07 Å². The monoisotopic (exact) mass is 475 g/mol. The van der Waals surface area contributed by atoms with E-state index in [4.69, 9.17) is 10.5 Å². The van der Waals surface area contributed by atoms with E-state index < -0.39 is 39.1 Å². The predicted octanol–water partition coefficient (Wildman–Crippen LogP) is 1.05. The van der Waals surface area contributed by atoms with Crippen LogP contribution in [-0.2, 0) is 21.9 Å². The highest BCUT2D eigenvalue weighted by Crippen LogP contribution is 2.64. The number of sulfonamides is 1. The zero-order valence-electron chi connectivity index (χ0n) is 19.0. The minimum Gasteiger partial charge on any atom is -0.487 e. The average molecular weight is 476 g/mol. The van der Waals surface area contributed by atoms with Crippen molar-refractivity contribution >= 4 is 15.9 Å². The normalized spacial score (nSPS) is 36.8. The Kier molecular flexibility index (Phi) is 4.74. The first kappa shape index (κ1) is 21.8. The maximum absolute atomic E-state index is 12.7. The third-order valence-electron chi connectivity index (χ3n) is 8.85. The number of carbonyl (C=O) groups is 1. The van der Waals surface area contributed by atoms with Crippen LogP contribution in [0.15, 0.2) is 12.1 Å². The fraction of sp³-hybridized carbons (Fsp3) is 0.708. The van der Waals surface area contributed by atoms with Gasteiger partial charge in [-0.1, -0.05) is 13.0 Å². The molecule has 0 aromatic heterocycles. The van der Waals surface area contributed by atoms with E-state index in [0.717, 1.165) is 24.2 Å². The van der Waals surface area contributed by atoms with Crippen molar-refractivity contribution in [2.75, 3.05) is 18.8 Å². The maximum atomic E-state index is 12.7. The minimum atomic E-state index is -3.48. The van der Waals surface area contributed by atoms with Crippen LogP contribution in [0, 0.1) is 5.92 Å². The lowest BCUT2D eigenvalue weighted by Crippen LogP contribution is -2.78. The van der Waals surface area contributed by atoms with Crippen LogP contribution in [0.1, 0.15) is 66.9 Å². The van der Waals surface area contributed by atoms with Gasteiger partial charge in [0.05, 0.1) is 28.4 Å². The highest BCUT2D eigenvalue weighted by Gasteiger charge is 2.73. The summed E-state index contributed by atoms with van der Waals surface area (Å²) in [7, 11) is -3.48. The number of carbonyl (C=O) groups excluding carboxylic acids is 1. The molecule has 180 valence electrons. The molecular formula is C24H33N3O5S. The van der Waals surface area contributed by atoms with E-state index >= 15 is 0 Å². The number of amides is 1. The van der Waals surface area contributed by atoms with Gasteiger partial charge >= 0.3 is 0 Å². The van der Waals surface area contributed by atoms with Gasteiger partial charge in [-0.05, 0) is 69.0 Å². The number of rotatable bonds is 7. The highest BCUT2D eigenvalue weighted by molar-refractivity contribution is 7.89. The van der Waals surface area contributed by atoms with Crippen LogP contribution >= 0.6 is 0 Å². The molecule has 0 radical (unpaired) electrons. The van der Waals surface area contributed by atoms with Gasteiger partial charge in [0.25, 0.3) is 5.91 Å². The van der Waals surface area contributed by atoms with Crippen LogP contribution in [0.3, 0.4) is 0 Å². The molecule has 8 nitrogen and oxygen atoms in total. The van der Waals surface area contributed by atoms with Gasteiger partial charge in [0.15, 0.2) is 0 Å². The molecule has 1 amide bonds. The zero-order chi connectivity index (χ0) is 23.2.